The highest BCUT2D eigenvalue weighted by Gasteiger charge is 2.21. The van der Waals surface area contributed by atoms with Gasteiger partial charge < -0.3 is 14.5 Å². The lowest BCUT2D eigenvalue weighted by molar-refractivity contribution is 0.0778. The van der Waals surface area contributed by atoms with Gasteiger partial charge in [0.1, 0.15) is 5.75 Å². The number of hydrogen-bond donors (Lipinski definition) is 0. The molecule has 8 heteroatoms. The van der Waals surface area contributed by atoms with E-state index in [4.69, 9.17) is 27.9 Å². The van der Waals surface area contributed by atoms with Crippen molar-refractivity contribution < 1.29 is 9.53 Å². The van der Waals surface area contributed by atoms with Gasteiger partial charge in [-0.2, -0.15) is 0 Å². The fourth-order valence-corrected chi connectivity index (χ4v) is 2.91. The van der Waals surface area contributed by atoms with Gasteiger partial charge in [-0.25, -0.2) is 9.97 Å². The largest absolute Gasteiger partial charge is 0.496 e. The van der Waals surface area contributed by atoms with Crippen molar-refractivity contribution in [2.45, 2.75) is 20.4 Å². The molecule has 1 aromatic carbocycles. The Bertz CT molecular complexity index is 782. The molecule has 2 rings (SSSR count). The first-order chi connectivity index (χ1) is 12.4. The van der Waals surface area contributed by atoms with Crippen LogP contribution in [-0.4, -0.2) is 48.0 Å². The number of nitrogens with zero attached hydrogens (tertiary/aromatic N) is 4. The van der Waals surface area contributed by atoms with Gasteiger partial charge in [-0.3, -0.25) is 4.79 Å². The van der Waals surface area contributed by atoms with Gasteiger partial charge in [-0.05, 0) is 32.0 Å². The average Bonchev–Trinajstić information content (AvgIpc) is 2.63. The molecule has 0 bridgehead atoms. The second-order valence-electron chi connectivity index (χ2n) is 5.66. The normalized spacial score (nSPS) is 10.5. The van der Waals surface area contributed by atoms with Crippen LogP contribution in [0.2, 0.25) is 10.0 Å². The number of hydrogen-bond acceptors (Lipinski definition) is 5. The smallest absolute Gasteiger partial charge is 0.274 e. The number of halogens is 2. The predicted octanol–water partition coefficient (Wildman–Crippen LogP) is 3.91. The SMILES string of the molecule is CCN(CC)c1ncc(Cl)c(C(=O)N(C)Cc2cc(Cl)ccc2OC)n1. The minimum Gasteiger partial charge on any atom is -0.496 e. The Labute approximate surface area is 163 Å². The molecule has 0 fully saturated rings. The van der Waals surface area contributed by atoms with Gasteiger partial charge in [0, 0.05) is 37.3 Å². The summed E-state index contributed by atoms with van der Waals surface area (Å²) in [4.78, 5) is 24.9. The van der Waals surface area contributed by atoms with Crippen LogP contribution < -0.4 is 9.64 Å². The number of anilines is 1. The quantitative estimate of drug-likeness (QED) is 0.709. The summed E-state index contributed by atoms with van der Waals surface area (Å²) in [5.74, 6) is 0.844. The van der Waals surface area contributed by atoms with Gasteiger partial charge in [0.2, 0.25) is 5.95 Å². The van der Waals surface area contributed by atoms with Gasteiger partial charge in [-0.15, -0.1) is 0 Å². The number of methoxy groups -OCH3 is 1. The number of ether oxygens (including phenoxy) is 1. The van der Waals surface area contributed by atoms with Crippen molar-refractivity contribution in [1.29, 1.82) is 0 Å². The van der Waals surface area contributed by atoms with Crippen LogP contribution in [0.5, 0.6) is 5.75 Å². The van der Waals surface area contributed by atoms with E-state index in [9.17, 15) is 4.79 Å². The van der Waals surface area contributed by atoms with E-state index in [1.54, 1.807) is 32.4 Å². The molecule has 1 aromatic heterocycles. The van der Waals surface area contributed by atoms with Gasteiger partial charge in [-0.1, -0.05) is 23.2 Å². The van der Waals surface area contributed by atoms with E-state index in [1.807, 2.05) is 18.7 Å². The summed E-state index contributed by atoms with van der Waals surface area (Å²) < 4.78 is 5.34. The number of carbonyl (C=O) groups excluding carboxylic acids is 1. The Hall–Kier alpha value is -2.05. The van der Waals surface area contributed by atoms with E-state index in [1.165, 1.54) is 11.1 Å². The molecule has 0 unspecified atom stereocenters. The third kappa shape index (κ3) is 4.56. The maximum absolute atomic E-state index is 12.9. The Morgan fingerprint density at radius 3 is 2.54 bits per heavy atom. The summed E-state index contributed by atoms with van der Waals surface area (Å²) in [7, 11) is 3.25. The fraction of sp³-hybridized carbons (Fsp3) is 0.389. The van der Waals surface area contributed by atoms with Crippen molar-refractivity contribution >= 4 is 35.1 Å². The summed E-state index contributed by atoms with van der Waals surface area (Å²) in [6.07, 6.45) is 1.46. The molecule has 2 aromatic rings. The van der Waals surface area contributed by atoms with Crippen LogP contribution in [0.25, 0.3) is 0 Å². The first-order valence-electron chi connectivity index (χ1n) is 8.26. The highest BCUT2D eigenvalue weighted by atomic mass is 35.5. The van der Waals surface area contributed by atoms with Crippen LogP contribution in [0.3, 0.4) is 0 Å². The topological polar surface area (TPSA) is 58.6 Å². The maximum Gasteiger partial charge on any atom is 0.274 e. The van der Waals surface area contributed by atoms with Crippen LogP contribution in [0, 0.1) is 0 Å². The number of amides is 1. The first-order valence-corrected chi connectivity index (χ1v) is 9.02. The van der Waals surface area contributed by atoms with Crippen LogP contribution in [-0.2, 0) is 6.54 Å². The highest BCUT2D eigenvalue weighted by Crippen LogP contribution is 2.25. The lowest BCUT2D eigenvalue weighted by Gasteiger charge is -2.21. The van der Waals surface area contributed by atoms with Gasteiger partial charge in [0.05, 0.1) is 18.3 Å². The van der Waals surface area contributed by atoms with E-state index in [0.29, 0.717) is 23.3 Å². The molecular weight excluding hydrogens is 375 g/mol. The van der Waals surface area contributed by atoms with Crippen molar-refractivity contribution in [1.82, 2.24) is 14.9 Å². The molecule has 0 saturated carbocycles. The number of carbonyl (C=O) groups is 1. The van der Waals surface area contributed by atoms with Crippen molar-refractivity contribution in [2.24, 2.45) is 0 Å². The van der Waals surface area contributed by atoms with E-state index in [2.05, 4.69) is 9.97 Å². The zero-order valence-corrected chi connectivity index (χ0v) is 16.8. The third-order valence-corrected chi connectivity index (χ3v) is 4.49. The Morgan fingerprint density at radius 2 is 1.92 bits per heavy atom. The molecule has 26 heavy (non-hydrogen) atoms. The molecule has 6 nitrogen and oxygen atoms in total. The van der Waals surface area contributed by atoms with E-state index in [0.717, 1.165) is 18.7 Å². The molecule has 140 valence electrons. The molecule has 0 radical (unpaired) electrons. The predicted molar refractivity (Wildman–Crippen MR) is 104 cm³/mol. The van der Waals surface area contributed by atoms with E-state index < -0.39 is 0 Å². The molecule has 0 aliphatic heterocycles. The van der Waals surface area contributed by atoms with Gasteiger partial charge in [0.15, 0.2) is 5.69 Å². The van der Waals surface area contributed by atoms with Gasteiger partial charge >= 0.3 is 0 Å². The number of rotatable bonds is 7. The summed E-state index contributed by atoms with van der Waals surface area (Å²) in [5, 5.41) is 0.793. The standard InChI is InChI=1S/C18H22Cl2N4O2/c1-5-24(6-2)18-21-10-14(20)16(22-18)17(25)23(3)11-12-9-13(19)7-8-15(12)26-4/h7-10H,5-6,11H2,1-4H3. The second-order valence-corrected chi connectivity index (χ2v) is 6.50. The first kappa shape index (κ1) is 20.3. The van der Waals surface area contributed by atoms with Crippen molar-refractivity contribution in [3.8, 4) is 5.75 Å². The van der Waals surface area contributed by atoms with E-state index in [-0.39, 0.29) is 16.6 Å². The van der Waals surface area contributed by atoms with Crippen molar-refractivity contribution in [3.05, 3.63) is 45.7 Å². The molecule has 0 saturated heterocycles. The second kappa shape index (κ2) is 9.05. The summed E-state index contributed by atoms with van der Waals surface area (Å²) in [6.45, 7) is 5.78. The number of benzene rings is 1. The molecule has 0 aliphatic carbocycles. The Kier molecular flexibility index (Phi) is 7.06. The van der Waals surface area contributed by atoms with Gasteiger partial charge in [0.25, 0.3) is 5.91 Å². The molecule has 1 heterocycles. The molecule has 0 spiro atoms. The lowest BCUT2D eigenvalue weighted by Crippen LogP contribution is -2.29. The molecule has 0 N–H and O–H groups in total. The zero-order valence-electron chi connectivity index (χ0n) is 15.3. The molecule has 1 amide bonds. The minimum absolute atomic E-state index is 0.173. The van der Waals surface area contributed by atoms with Crippen LogP contribution in [0.15, 0.2) is 24.4 Å². The Balaban J connectivity index is 2.28. The molecular formula is C18H22Cl2N4O2. The van der Waals surface area contributed by atoms with Crippen molar-refractivity contribution in [2.75, 3.05) is 32.1 Å². The van der Waals surface area contributed by atoms with Crippen LogP contribution in [0.4, 0.5) is 5.95 Å². The minimum atomic E-state index is -0.298. The molecule has 0 aliphatic rings. The fourth-order valence-electron chi connectivity index (χ4n) is 2.55. The van der Waals surface area contributed by atoms with Crippen LogP contribution in [0.1, 0.15) is 29.9 Å². The maximum atomic E-state index is 12.9. The average molecular weight is 397 g/mol. The summed E-state index contributed by atoms with van der Waals surface area (Å²) >= 11 is 12.2. The number of aromatic nitrogens is 2. The summed E-state index contributed by atoms with van der Waals surface area (Å²) in [6, 6.07) is 5.28. The van der Waals surface area contributed by atoms with Crippen LogP contribution >= 0.6 is 23.2 Å². The lowest BCUT2D eigenvalue weighted by atomic mass is 10.2. The molecule has 0 atom stereocenters. The van der Waals surface area contributed by atoms with Crippen molar-refractivity contribution in [3.63, 3.8) is 0 Å². The third-order valence-electron chi connectivity index (χ3n) is 3.98. The zero-order chi connectivity index (χ0) is 19.3. The summed E-state index contributed by atoms with van der Waals surface area (Å²) in [5.41, 5.74) is 0.969. The van der Waals surface area contributed by atoms with E-state index >= 15 is 0 Å². The monoisotopic (exact) mass is 396 g/mol. The Morgan fingerprint density at radius 1 is 1.23 bits per heavy atom. The highest BCUT2D eigenvalue weighted by molar-refractivity contribution is 6.33.